The third-order valence-electron chi connectivity index (χ3n) is 5.54. The maximum atomic E-state index is 2.90. The minimum atomic E-state index is 0.964. The highest BCUT2D eigenvalue weighted by molar-refractivity contribution is 4.97. The van der Waals surface area contributed by atoms with Crippen molar-refractivity contribution in [1.82, 2.24) is 4.90 Å². The topological polar surface area (TPSA) is 3.24 Å². The maximum absolute atomic E-state index is 2.90. The second-order valence-electron chi connectivity index (χ2n) is 6.64. The summed E-state index contributed by atoms with van der Waals surface area (Å²) in [6.45, 7) is 6.28. The van der Waals surface area contributed by atoms with Gasteiger partial charge in [-0.05, 0) is 56.3 Å². The first-order chi connectivity index (χ1) is 7.78. The van der Waals surface area contributed by atoms with Gasteiger partial charge in [0.15, 0.2) is 0 Å². The third kappa shape index (κ3) is 2.03. The number of nitrogens with zero attached hydrogens (tertiary/aromatic N) is 1. The van der Waals surface area contributed by atoms with Gasteiger partial charge in [-0.15, -0.1) is 0 Å². The predicted octanol–water partition coefficient (Wildman–Crippen LogP) is 3.69. The van der Waals surface area contributed by atoms with Gasteiger partial charge < -0.3 is 0 Å². The standard InChI is InChI=1S/C15H27N/c1-3-11(2)13-8-14-6-7-15(9-13)16(14)10-12-4-5-12/h11-15H,3-10H2,1-2H3. The van der Waals surface area contributed by atoms with Crippen LogP contribution in [-0.4, -0.2) is 23.5 Å². The highest BCUT2D eigenvalue weighted by Crippen LogP contribution is 2.44. The Balaban J connectivity index is 1.61. The monoisotopic (exact) mass is 221 g/mol. The summed E-state index contributed by atoms with van der Waals surface area (Å²) in [6, 6.07) is 1.94. The summed E-state index contributed by atoms with van der Waals surface area (Å²) in [7, 11) is 0. The molecule has 2 bridgehead atoms. The van der Waals surface area contributed by atoms with Crippen molar-refractivity contribution in [2.45, 2.75) is 70.9 Å². The number of rotatable bonds is 4. The fourth-order valence-electron chi connectivity index (χ4n) is 4.01. The second kappa shape index (κ2) is 4.33. The van der Waals surface area contributed by atoms with Gasteiger partial charge in [0.1, 0.15) is 0 Å². The predicted molar refractivity (Wildman–Crippen MR) is 68.4 cm³/mol. The molecule has 3 fully saturated rings. The molecule has 0 aromatic rings. The smallest absolute Gasteiger partial charge is 0.0102 e. The summed E-state index contributed by atoms with van der Waals surface area (Å²) in [5.41, 5.74) is 0. The molecule has 16 heavy (non-hydrogen) atoms. The van der Waals surface area contributed by atoms with Crippen LogP contribution >= 0.6 is 0 Å². The minimum Gasteiger partial charge on any atom is -0.297 e. The molecule has 1 aliphatic carbocycles. The Labute approximate surface area is 101 Å². The van der Waals surface area contributed by atoms with Crippen LogP contribution in [0.15, 0.2) is 0 Å². The molecule has 0 aromatic carbocycles. The lowest BCUT2D eigenvalue weighted by atomic mass is 9.80. The number of hydrogen-bond acceptors (Lipinski definition) is 1. The number of piperidine rings is 1. The Morgan fingerprint density at radius 3 is 2.19 bits per heavy atom. The normalized spacial score (nSPS) is 41.2. The van der Waals surface area contributed by atoms with Crippen LogP contribution in [0.5, 0.6) is 0 Å². The number of fused-ring (bicyclic) bond motifs is 2. The van der Waals surface area contributed by atoms with E-state index in [4.69, 9.17) is 0 Å². The van der Waals surface area contributed by atoms with Crippen LogP contribution in [0.1, 0.15) is 58.8 Å². The molecule has 0 N–H and O–H groups in total. The quantitative estimate of drug-likeness (QED) is 0.700. The number of hydrogen-bond donors (Lipinski definition) is 0. The Morgan fingerprint density at radius 1 is 1.06 bits per heavy atom. The van der Waals surface area contributed by atoms with Gasteiger partial charge in [0, 0.05) is 18.6 Å². The average Bonchev–Trinajstić information content (AvgIpc) is 3.06. The lowest BCUT2D eigenvalue weighted by Gasteiger charge is -2.41. The largest absolute Gasteiger partial charge is 0.297 e. The van der Waals surface area contributed by atoms with Crippen molar-refractivity contribution in [3.05, 3.63) is 0 Å². The lowest BCUT2D eigenvalue weighted by molar-refractivity contribution is 0.0767. The Kier molecular flexibility index (Phi) is 2.99. The van der Waals surface area contributed by atoms with Crippen molar-refractivity contribution < 1.29 is 0 Å². The maximum Gasteiger partial charge on any atom is 0.0102 e. The summed E-state index contributed by atoms with van der Waals surface area (Å²) >= 11 is 0. The van der Waals surface area contributed by atoms with E-state index >= 15 is 0 Å². The van der Waals surface area contributed by atoms with E-state index in [1.54, 1.807) is 0 Å². The first kappa shape index (κ1) is 11.1. The van der Waals surface area contributed by atoms with E-state index in [0.29, 0.717) is 0 Å². The van der Waals surface area contributed by atoms with Crippen molar-refractivity contribution in [2.75, 3.05) is 6.54 Å². The molecule has 2 aliphatic heterocycles. The Hall–Kier alpha value is -0.0400. The molecule has 0 aromatic heterocycles. The molecule has 3 aliphatic rings. The van der Waals surface area contributed by atoms with Crippen LogP contribution in [0.4, 0.5) is 0 Å². The van der Waals surface area contributed by atoms with E-state index < -0.39 is 0 Å². The molecule has 0 amide bonds. The van der Waals surface area contributed by atoms with E-state index in [1.165, 1.54) is 51.5 Å². The Bertz CT molecular complexity index is 232. The van der Waals surface area contributed by atoms with Crippen molar-refractivity contribution in [3.8, 4) is 0 Å². The van der Waals surface area contributed by atoms with Crippen LogP contribution in [0.25, 0.3) is 0 Å². The summed E-state index contributed by atoms with van der Waals surface area (Å²) in [5, 5.41) is 0. The summed E-state index contributed by atoms with van der Waals surface area (Å²) in [5.74, 6) is 3.09. The highest BCUT2D eigenvalue weighted by Gasteiger charge is 2.43. The van der Waals surface area contributed by atoms with E-state index in [0.717, 1.165) is 29.8 Å². The fraction of sp³-hybridized carbons (Fsp3) is 1.00. The molecule has 3 atom stereocenters. The van der Waals surface area contributed by atoms with Crippen LogP contribution in [0.3, 0.4) is 0 Å². The van der Waals surface area contributed by atoms with Crippen molar-refractivity contribution in [2.24, 2.45) is 17.8 Å². The molecule has 1 saturated carbocycles. The SMILES string of the molecule is CCC(C)C1CC2CCC(C1)N2CC1CC1. The van der Waals surface area contributed by atoms with E-state index in [-0.39, 0.29) is 0 Å². The Morgan fingerprint density at radius 2 is 1.69 bits per heavy atom. The zero-order valence-electron chi connectivity index (χ0n) is 11.0. The lowest BCUT2D eigenvalue weighted by Crippen LogP contribution is -2.45. The summed E-state index contributed by atoms with van der Waals surface area (Å²) in [4.78, 5) is 2.90. The second-order valence-corrected chi connectivity index (χ2v) is 6.64. The van der Waals surface area contributed by atoms with Gasteiger partial charge in [0.05, 0.1) is 0 Å². The zero-order chi connectivity index (χ0) is 11.1. The van der Waals surface area contributed by atoms with Gasteiger partial charge in [-0.2, -0.15) is 0 Å². The molecule has 0 spiro atoms. The zero-order valence-corrected chi connectivity index (χ0v) is 11.0. The summed E-state index contributed by atoms with van der Waals surface area (Å²) < 4.78 is 0. The summed E-state index contributed by atoms with van der Waals surface area (Å²) in [6.07, 6.45) is 10.5. The van der Waals surface area contributed by atoms with E-state index in [9.17, 15) is 0 Å². The molecule has 92 valence electrons. The van der Waals surface area contributed by atoms with Gasteiger partial charge in [0.25, 0.3) is 0 Å². The van der Waals surface area contributed by atoms with Crippen LogP contribution in [0.2, 0.25) is 0 Å². The van der Waals surface area contributed by atoms with Crippen LogP contribution < -0.4 is 0 Å². The van der Waals surface area contributed by atoms with Gasteiger partial charge in [-0.25, -0.2) is 0 Å². The van der Waals surface area contributed by atoms with E-state index in [2.05, 4.69) is 18.7 Å². The molecule has 3 unspecified atom stereocenters. The minimum absolute atomic E-state index is 0.964. The van der Waals surface area contributed by atoms with Crippen molar-refractivity contribution in [3.63, 3.8) is 0 Å². The molecule has 1 heteroatoms. The molecule has 3 rings (SSSR count). The van der Waals surface area contributed by atoms with Crippen LogP contribution in [-0.2, 0) is 0 Å². The van der Waals surface area contributed by atoms with E-state index in [1.807, 2.05) is 0 Å². The fourth-order valence-corrected chi connectivity index (χ4v) is 4.01. The van der Waals surface area contributed by atoms with Gasteiger partial charge >= 0.3 is 0 Å². The van der Waals surface area contributed by atoms with Gasteiger partial charge in [0.2, 0.25) is 0 Å². The molecular formula is C15H27N. The van der Waals surface area contributed by atoms with Gasteiger partial charge in [-0.1, -0.05) is 20.3 Å². The average molecular weight is 221 g/mol. The molecule has 2 saturated heterocycles. The molecular weight excluding hydrogens is 194 g/mol. The first-order valence-electron chi connectivity index (χ1n) is 7.53. The highest BCUT2D eigenvalue weighted by atomic mass is 15.2. The van der Waals surface area contributed by atoms with Crippen LogP contribution in [0, 0.1) is 17.8 Å². The van der Waals surface area contributed by atoms with Gasteiger partial charge in [-0.3, -0.25) is 4.90 Å². The van der Waals surface area contributed by atoms with Crippen molar-refractivity contribution in [1.29, 1.82) is 0 Å². The molecule has 2 heterocycles. The first-order valence-corrected chi connectivity index (χ1v) is 7.53. The molecule has 0 radical (unpaired) electrons. The molecule has 1 nitrogen and oxygen atoms in total. The third-order valence-corrected chi connectivity index (χ3v) is 5.54. The van der Waals surface area contributed by atoms with Crippen molar-refractivity contribution >= 4 is 0 Å².